The second-order valence-corrected chi connectivity index (χ2v) is 14.7. The Balaban J connectivity index is 3.86. The number of hydrogen-bond acceptors (Lipinski definition) is 4. The summed E-state index contributed by atoms with van der Waals surface area (Å²) < 4.78 is 287. The molecule has 0 saturated heterocycles. The Morgan fingerprint density at radius 1 is 0.481 bits per heavy atom. The van der Waals surface area contributed by atoms with Gasteiger partial charge in [-0.3, -0.25) is 0 Å². The molecule has 0 saturated carbocycles. The van der Waals surface area contributed by atoms with E-state index in [1.165, 1.54) is 0 Å². The molecule has 0 bridgehead atoms. The number of halogens is 22. The van der Waals surface area contributed by atoms with Crippen LogP contribution in [-0.4, -0.2) is 66.0 Å². The number of aryl methyl sites for hydroxylation is 3. The van der Waals surface area contributed by atoms with Crippen LogP contribution in [0.4, 0.5) is 92.2 Å². The number of carbonyl (C=O) groups excluding carboxylic acids is 2. The van der Waals surface area contributed by atoms with Crippen LogP contribution in [0.3, 0.4) is 0 Å². The maximum absolute atomic E-state index is 14.1. The zero-order valence-corrected chi connectivity index (χ0v) is 29.1. The van der Waals surface area contributed by atoms with Crippen LogP contribution < -0.4 is 0 Å². The Morgan fingerprint density at radius 2 is 0.741 bits per heavy atom. The van der Waals surface area contributed by atoms with Gasteiger partial charge in [-0.1, -0.05) is 0 Å². The molecule has 0 aromatic heterocycles. The third kappa shape index (κ3) is 11.5. The molecule has 0 fully saturated rings. The van der Waals surface area contributed by atoms with E-state index in [0.29, 0.717) is 26.0 Å². The van der Waals surface area contributed by atoms with Crippen LogP contribution >= 0.6 is 20.6 Å². The summed E-state index contributed by atoms with van der Waals surface area (Å²) in [5.41, 5.74) is -1.90. The van der Waals surface area contributed by atoms with E-state index in [1.54, 1.807) is 0 Å². The van der Waals surface area contributed by atoms with Crippen molar-refractivity contribution in [2.45, 2.75) is 126 Å². The standard InChI is InChI=1S/C28H26F21IO4/c1-14(51)53-50(54-15(2)52)19-17(7-4-10-21(31,32)24(37,38)27(44,45)46)12-16(6-3-9-20(29,30)23(35,36)26(41,42)43)13-18(19)8-5-11-22(33,34)25(39,40)28(47,48)49/h12-13H,3-11H2,1-2H3. The van der Waals surface area contributed by atoms with Gasteiger partial charge in [0.1, 0.15) is 0 Å². The molecule has 1 rings (SSSR count). The molecule has 0 atom stereocenters. The summed E-state index contributed by atoms with van der Waals surface area (Å²) in [4.78, 5) is 23.6. The second kappa shape index (κ2) is 16.9. The monoisotopic (exact) mass is 952 g/mol. The Hall–Kier alpha value is -2.58. The predicted molar refractivity (Wildman–Crippen MR) is 149 cm³/mol. The van der Waals surface area contributed by atoms with Gasteiger partial charge in [0.05, 0.1) is 0 Å². The Labute approximate surface area is 298 Å². The maximum atomic E-state index is 14.1. The Kier molecular flexibility index (Phi) is 15.5. The molecule has 0 heterocycles. The molecule has 0 N–H and O–H groups in total. The quantitative estimate of drug-likeness (QED) is 0.109. The molecule has 54 heavy (non-hydrogen) atoms. The van der Waals surface area contributed by atoms with E-state index in [0.717, 1.165) is 0 Å². The summed E-state index contributed by atoms with van der Waals surface area (Å²) in [5.74, 6) is -40.0. The number of hydrogen-bond donors (Lipinski definition) is 0. The van der Waals surface area contributed by atoms with Gasteiger partial charge in [-0.15, -0.1) is 0 Å². The van der Waals surface area contributed by atoms with Crippen molar-refractivity contribution in [3.8, 4) is 0 Å². The van der Waals surface area contributed by atoms with Crippen molar-refractivity contribution >= 4 is 32.6 Å². The first-order valence-electron chi connectivity index (χ1n) is 14.6. The molecule has 0 aliphatic rings. The first kappa shape index (κ1) is 49.4. The van der Waals surface area contributed by atoms with E-state index in [1.807, 2.05) is 0 Å². The van der Waals surface area contributed by atoms with Gasteiger partial charge in [-0.25, -0.2) is 0 Å². The molecular formula is C28H26F21IO4. The van der Waals surface area contributed by atoms with Gasteiger partial charge in [0.15, 0.2) is 0 Å². The molecule has 0 radical (unpaired) electrons. The van der Waals surface area contributed by atoms with E-state index in [-0.39, 0.29) is 0 Å². The first-order chi connectivity index (χ1) is 23.9. The van der Waals surface area contributed by atoms with Crippen LogP contribution in [0, 0.1) is 3.57 Å². The summed E-state index contributed by atoms with van der Waals surface area (Å²) >= 11 is -4.50. The van der Waals surface area contributed by atoms with Crippen molar-refractivity contribution in [1.29, 1.82) is 0 Å². The molecule has 1 aromatic carbocycles. The van der Waals surface area contributed by atoms with Crippen LogP contribution in [0.2, 0.25) is 0 Å². The number of carbonyl (C=O) groups is 2. The average molecular weight is 952 g/mol. The molecule has 0 aliphatic carbocycles. The number of benzene rings is 1. The topological polar surface area (TPSA) is 52.6 Å². The van der Waals surface area contributed by atoms with E-state index < -0.39 is 165 Å². The Morgan fingerprint density at radius 3 is 0.981 bits per heavy atom. The van der Waals surface area contributed by atoms with Crippen LogP contribution in [0.1, 0.15) is 69.1 Å². The zero-order chi connectivity index (χ0) is 42.7. The van der Waals surface area contributed by atoms with Crippen molar-refractivity contribution < 1.29 is 108 Å². The normalized spacial score (nSPS) is 14.6. The van der Waals surface area contributed by atoms with Crippen molar-refractivity contribution in [2.24, 2.45) is 0 Å². The van der Waals surface area contributed by atoms with Crippen LogP contribution in [0.15, 0.2) is 12.1 Å². The summed E-state index contributed by atoms with van der Waals surface area (Å²) in [5, 5.41) is 0. The molecule has 1 aromatic rings. The molecule has 0 spiro atoms. The fourth-order valence-corrected chi connectivity index (χ4v) is 8.07. The predicted octanol–water partition coefficient (Wildman–Crippen LogP) is 11.8. The second-order valence-electron chi connectivity index (χ2n) is 11.5. The fourth-order valence-electron chi connectivity index (χ4n) is 4.43. The molecule has 0 unspecified atom stereocenters. The van der Waals surface area contributed by atoms with E-state index in [2.05, 4.69) is 0 Å². The summed E-state index contributed by atoms with van der Waals surface area (Å²) in [6.45, 7) is 1.30. The molecular weight excluding hydrogens is 926 g/mol. The Bertz CT molecular complexity index is 1370. The van der Waals surface area contributed by atoms with Gasteiger partial charge in [-0.05, 0) is 0 Å². The van der Waals surface area contributed by atoms with Gasteiger partial charge in [-0.2, -0.15) is 0 Å². The first-order valence-corrected chi connectivity index (χ1v) is 17.4. The van der Waals surface area contributed by atoms with Gasteiger partial charge in [0, 0.05) is 0 Å². The van der Waals surface area contributed by atoms with E-state index in [4.69, 9.17) is 6.13 Å². The van der Waals surface area contributed by atoms with Crippen molar-refractivity contribution in [1.82, 2.24) is 0 Å². The van der Waals surface area contributed by atoms with Crippen LogP contribution in [0.25, 0.3) is 0 Å². The van der Waals surface area contributed by atoms with Crippen molar-refractivity contribution in [3.05, 3.63) is 32.4 Å². The summed E-state index contributed by atoms with van der Waals surface area (Å²) in [6.07, 6.45) is -34.7. The minimum absolute atomic E-state index is 0.545. The fraction of sp³-hybridized carbons (Fsp3) is 0.714. The molecule has 0 amide bonds. The number of alkyl halides is 21. The zero-order valence-electron chi connectivity index (χ0n) is 27.0. The van der Waals surface area contributed by atoms with E-state index >= 15 is 0 Å². The van der Waals surface area contributed by atoms with Crippen LogP contribution in [-0.2, 0) is 35.0 Å². The molecule has 316 valence electrons. The molecule has 26 heteroatoms. The molecule has 4 nitrogen and oxygen atoms in total. The van der Waals surface area contributed by atoms with E-state index in [9.17, 15) is 102 Å². The van der Waals surface area contributed by atoms with Crippen molar-refractivity contribution in [2.75, 3.05) is 0 Å². The summed E-state index contributed by atoms with van der Waals surface area (Å²) in [6, 6.07) is 1.31. The SMILES string of the molecule is CC(=O)OI(OC(C)=O)c1c(CCCC(F)(F)C(F)(F)C(F)(F)F)cc(CCCC(F)(F)C(F)(F)C(F)(F)F)cc1CCCC(F)(F)C(F)(F)C(F)(F)F. The third-order valence-corrected chi connectivity index (χ3v) is 11.4. The average Bonchev–Trinajstić information content (AvgIpc) is 2.94. The molecule has 0 aliphatic heterocycles. The van der Waals surface area contributed by atoms with Crippen molar-refractivity contribution in [3.63, 3.8) is 0 Å². The van der Waals surface area contributed by atoms with Crippen LogP contribution in [0.5, 0.6) is 0 Å². The minimum atomic E-state index is -6.80. The third-order valence-electron chi connectivity index (χ3n) is 7.07. The van der Waals surface area contributed by atoms with Gasteiger partial charge >= 0.3 is 299 Å². The number of rotatable bonds is 18. The van der Waals surface area contributed by atoms with Gasteiger partial charge in [0.2, 0.25) is 0 Å². The van der Waals surface area contributed by atoms with Gasteiger partial charge < -0.3 is 0 Å². The summed E-state index contributed by atoms with van der Waals surface area (Å²) in [7, 11) is 0. The van der Waals surface area contributed by atoms with Gasteiger partial charge in [0.25, 0.3) is 0 Å².